The van der Waals surface area contributed by atoms with E-state index in [9.17, 15) is 14.4 Å². The monoisotopic (exact) mass is 186 g/mol. The molecule has 1 aliphatic rings. The molecule has 0 aromatic heterocycles. The Hall–Kier alpha value is -1.43. The van der Waals surface area contributed by atoms with Crippen LogP contribution in [0, 0.1) is 0 Å². The van der Waals surface area contributed by atoms with Crippen molar-refractivity contribution in [2.24, 2.45) is 5.73 Å². The van der Waals surface area contributed by atoms with E-state index >= 15 is 0 Å². The summed E-state index contributed by atoms with van der Waals surface area (Å²) in [7, 11) is 0. The third-order valence-corrected chi connectivity index (χ3v) is 2.06. The van der Waals surface area contributed by atoms with E-state index in [0.717, 1.165) is 4.90 Å². The molecular weight excluding hydrogens is 176 g/mol. The first-order chi connectivity index (χ1) is 5.93. The molecule has 0 aromatic rings. The lowest BCUT2D eigenvalue weighted by Crippen LogP contribution is -2.54. The van der Waals surface area contributed by atoms with Crippen LogP contribution < -0.4 is 5.73 Å². The molecule has 13 heavy (non-hydrogen) atoms. The number of carboxylic acid groups (broad SMARTS) is 1. The molecule has 6 heteroatoms. The average Bonchev–Trinajstić information content (AvgIpc) is 2.25. The molecule has 2 amide bonds. The highest BCUT2D eigenvalue weighted by Crippen LogP contribution is 2.21. The van der Waals surface area contributed by atoms with E-state index in [2.05, 4.69) is 0 Å². The average molecular weight is 186 g/mol. The Morgan fingerprint density at radius 1 is 1.69 bits per heavy atom. The summed E-state index contributed by atoms with van der Waals surface area (Å²) in [6.45, 7) is 1.74. The molecule has 3 N–H and O–H groups in total. The van der Waals surface area contributed by atoms with Crippen molar-refractivity contribution in [1.29, 1.82) is 0 Å². The number of carbonyl (C=O) groups excluding carboxylic acids is 2. The molecule has 1 saturated heterocycles. The fraction of sp³-hybridized carbons (Fsp3) is 0.571. The second-order valence-corrected chi connectivity index (χ2v) is 2.90. The number of aliphatic carboxylic acids is 1. The first kappa shape index (κ1) is 9.66. The minimum atomic E-state index is -2.05. The van der Waals surface area contributed by atoms with Crippen LogP contribution in [0.2, 0.25) is 0 Å². The minimum absolute atomic E-state index is 0.157. The van der Waals surface area contributed by atoms with Crippen molar-refractivity contribution in [2.75, 3.05) is 6.54 Å². The third kappa shape index (κ3) is 1.19. The molecular formula is C7H10N2O4. The van der Waals surface area contributed by atoms with Gasteiger partial charge in [-0.3, -0.25) is 14.5 Å². The Labute approximate surface area is 74.3 Å². The number of amides is 2. The lowest BCUT2D eigenvalue weighted by molar-refractivity contribution is -0.149. The highest BCUT2D eigenvalue weighted by Gasteiger charge is 2.54. The van der Waals surface area contributed by atoms with Crippen molar-refractivity contribution >= 4 is 17.8 Å². The Kier molecular flexibility index (Phi) is 2.09. The van der Waals surface area contributed by atoms with Crippen LogP contribution in [0.4, 0.5) is 0 Å². The van der Waals surface area contributed by atoms with E-state index in [-0.39, 0.29) is 6.54 Å². The highest BCUT2D eigenvalue weighted by molar-refractivity contribution is 6.19. The largest absolute Gasteiger partial charge is 0.479 e. The molecule has 72 valence electrons. The topological polar surface area (TPSA) is 101 Å². The number of nitrogens with two attached hydrogens (primary N) is 1. The fourth-order valence-electron chi connectivity index (χ4n) is 1.25. The quantitative estimate of drug-likeness (QED) is 0.405. The zero-order valence-corrected chi connectivity index (χ0v) is 7.11. The van der Waals surface area contributed by atoms with Crippen LogP contribution in [0.15, 0.2) is 0 Å². The second-order valence-electron chi connectivity index (χ2n) is 2.90. The molecule has 1 rings (SSSR count). The van der Waals surface area contributed by atoms with Gasteiger partial charge in [-0.1, -0.05) is 0 Å². The van der Waals surface area contributed by atoms with Gasteiger partial charge >= 0.3 is 5.97 Å². The first-order valence-corrected chi connectivity index (χ1v) is 3.80. The van der Waals surface area contributed by atoms with Crippen molar-refractivity contribution < 1.29 is 19.5 Å². The molecule has 0 aromatic carbocycles. The van der Waals surface area contributed by atoms with Crippen LogP contribution in [0.5, 0.6) is 0 Å². The summed E-state index contributed by atoms with van der Waals surface area (Å²) >= 11 is 0. The predicted molar refractivity (Wildman–Crippen MR) is 41.6 cm³/mol. The molecule has 0 unspecified atom stereocenters. The van der Waals surface area contributed by atoms with Gasteiger partial charge in [0.2, 0.25) is 11.4 Å². The summed E-state index contributed by atoms with van der Waals surface area (Å²) in [6, 6.07) is 0. The van der Waals surface area contributed by atoms with Gasteiger partial charge in [0.1, 0.15) is 0 Å². The van der Waals surface area contributed by atoms with Crippen LogP contribution in [0.3, 0.4) is 0 Å². The number of likely N-dealkylation sites (N-methyl/N-ethyl adjacent to an activating group) is 1. The molecule has 6 nitrogen and oxygen atoms in total. The maximum atomic E-state index is 11.3. The molecule has 0 radical (unpaired) electrons. The summed E-state index contributed by atoms with van der Waals surface area (Å²) in [5.41, 5.74) is 3.24. The van der Waals surface area contributed by atoms with E-state index in [4.69, 9.17) is 10.8 Å². The van der Waals surface area contributed by atoms with E-state index in [1.54, 1.807) is 6.92 Å². The Bertz CT molecular complexity index is 288. The minimum Gasteiger partial charge on any atom is -0.479 e. The van der Waals surface area contributed by atoms with Crippen LogP contribution >= 0.6 is 0 Å². The SMILES string of the molecule is CCN1C(=O)C[C@](N)(C(=O)O)C1=O. The second kappa shape index (κ2) is 2.81. The maximum Gasteiger partial charge on any atom is 0.334 e. The standard InChI is InChI=1S/C7H10N2O4/c1-2-9-4(10)3-7(8,5(9)11)6(12)13/h2-3,8H2,1H3,(H,12,13)/t7-/m1/s1. The van der Waals surface area contributed by atoms with Gasteiger partial charge in [0.15, 0.2) is 0 Å². The number of hydrogen-bond acceptors (Lipinski definition) is 4. The molecule has 1 aliphatic heterocycles. The number of hydrogen-bond donors (Lipinski definition) is 2. The van der Waals surface area contributed by atoms with Crippen LogP contribution in [0.1, 0.15) is 13.3 Å². The van der Waals surface area contributed by atoms with Gasteiger partial charge in [0, 0.05) is 6.54 Å². The fourth-order valence-corrected chi connectivity index (χ4v) is 1.25. The first-order valence-electron chi connectivity index (χ1n) is 3.80. The number of carbonyl (C=O) groups is 3. The molecule has 1 atom stereocenters. The molecule has 0 aliphatic carbocycles. The molecule has 0 spiro atoms. The van der Waals surface area contributed by atoms with Crippen molar-refractivity contribution in [3.63, 3.8) is 0 Å². The number of nitrogens with zero attached hydrogens (tertiary/aromatic N) is 1. The summed E-state index contributed by atoms with van der Waals surface area (Å²) in [5, 5.41) is 8.65. The van der Waals surface area contributed by atoms with Crippen molar-refractivity contribution in [3.05, 3.63) is 0 Å². The van der Waals surface area contributed by atoms with Crippen molar-refractivity contribution in [2.45, 2.75) is 18.9 Å². The normalized spacial score (nSPS) is 28.3. The maximum absolute atomic E-state index is 11.3. The zero-order valence-electron chi connectivity index (χ0n) is 7.11. The number of rotatable bonds is 2. The lowest BCUT2D eigenvalue weighted by Gasteiger charge is -2.15. The van der Waals surface area contributed by atoms with E-state index in [1.165, 1.54) is 0 Å². The van der Waals surface area contributed by atoms with Gasteiger partial charge < -0.3 is 10.8 Å². The van der Waals surface area contributed by atoms with Crippen LogP contribution in [-0.4, -0.2) is 39.9 Å². The predicted octanol–water partition coefficient (Wildman–Crippen LogP) is -1.45. The molecule has 1 heterocycles. The lowest BCUT2D eigenvalue weighted by atomic mass is 10.00. The summed E-state index contributed by atoms with van der Waals surface area (Å²) < 4.78 is 0. The molecule has 0 bridgehead atoms. The number of carboxylic acids is 1. The molecule has 0 saturated carbocycles. The number of likely N-dealkylation sites (tertiary alicyclic amines) is 1. The van der Waals surface area contributed by atoms with E-state index in [1.807, 2.05) is 0 Å². The van der Waals surface area contributed by atoms with Gasteiger partial charge in [-0.15, -0.1) is 0 Å². The number of imide groups is 1. The van der Waals surface area contributed by atoms with Gasteiger partial charge in [-0.05, 0) is 6.92 Å². The zero-order chi connectivity index (χ0) is 10.2. The van der Waals surface area contributed by atoms with Gasteiger partial charge in [0.05, 0.1) is 6.42 Å². The molecule has 1 fully saturated rings. The van der Waals surface area contributed by atoms with Crippen LogP contribution in [0.25, 0.3) is 0 Å². The van der Waals surface area contributed by atoms with Crippen molar-refractivity contribution in [3.8, 4) is 0 Å². The van der Waals surface area contributed by atoms with Gasteiger partial charge in [0.25, 0.3) is 5.91 Å². The highest BCUT2D eigenvalue weighted by atomic mass is 16.4. The Morgan fingerprint density at radius 2 is 2.23 bits per heavy atom. The summed E-state index contributed by atoms with van der Waals surface area (Å²) in [6.07, 6.45) is -0.449. The smallest absolute Gasteiger partial charge is 0.334 e. The van der Waals surface area contributed by atoms with Gasteiger partial charge in [-0.25, -0.2) is 4.79 Å². The van der Waals surface area contributed by atoms with E-state index in [0.29, 0.717) is 0 Å². The van der Waals surface area contributed by atoms with E-state index < -0.39 is 29.7 Å². The van der Waals surface area contributed by atoms with Crippen molar-refractivity contribution in [1.82, 2.24) is 4.90 Å². The summed E-state index contributed by atoms with van der Waals surface area (Å²) in [4.78, 5) is 33.9. The third-order valence-electron chi connectivity index (χ3n) is 2.06. The van der Waals surface area contributed by atoms with Crippen LogP contribution in [-0.2, 0) is 14.4 Å². The van der Waals surface area contributed by atoms with Gasteiger partial charge in [-0.2, -0.15) is 0 Å². The Balaban J connectivity index is 3.03. The Morgan fingerprint density at radius 3 is 2.46 bits per heavy atom. The summed E-state index contributed by atoms with van der Waals surface area (Å²) in [5.74, 6) is -2.81.